The molecule has 0 aliphatic carbocycles. The van der Waals surface area contributed by atoms with Crippen LogP contribution in [-0.4, -0.2) is 39.1 Å². The van der Waals surface area contributed by atoms with Gasteiger partial charge in [0.05, 0.1) is 6.54 Å². The average molecular weight is 262 g/mol. The number of carbonyl (C=O) groups excluding carboxylic acids is 2. The summed E-state index contributed by atoms with van der Waals surface area (Å²) < 4.78 is 0. The fourth-order valence-electron chi connectivity index (χ4n) is 2.56. The molecule has 1 aromatic heterocycles. The Balaban J connectivity index is 1.88. The largest absolute Gasteiger partial charge is 0.398 e. The van der Waals surface area contributed by atoms with Gasteiger partial charge in [0.2, 0.25) is 5.91 Å². The van der Waals surface area contributed by atoms with Crippen LogP contribution in [0.4, 0.5) is 5.69 Å². The fourth-order valence-corrected chi connectivity index (χ4v) is 2.56. The number of carbonyl (C=O) groups is 2. The third kappa shape index (κ3) is 1.82. The van der Waals surface area contributed by atoms with Gasteiger partial charge in [0.1, 0.15) is 18.0 Å². The molecule has 1 aromatic rings. The van der Waals surface area contributed by atoms with E-state index in [4.69, 9.17) is 5.73 Å². The van der Waals surface area contributed by atoms with Crippen molar-refractivity contribution < 1.29 is 14.7 Å². The average Bonchev–Trinajstić information content (AvgIpc) is 2.69. The van der Waals surface area contributed by atoms with Crippen molar-refractivity contribution in [1.29, 1.82) is 0 Å². The Morgan fingerprint density at radius 2 is 2.21 bits per heavy atom. The molecular weight excluding hydrogens is 248 g/mol. The van der Waals surface area contributed by atoms with E-state index in [0.717, 1.165) is 0 Å². The van der Waals surface area contributed by atoms with Gasteiger partial charge in [-0.25, -0.2) is 0 Å². The van der Waals surface area contributed by atoms with Crippen molar-refractivity contribution in [3.05, 3.63) is 23.5 Å². The number of amides is 2. The van der Waals surface area contributed by atoms with Crippen LogP contribution in [0.3, 0.4) is 0 Å². The molecule has 1 fully saturated rings. The number of aliphatic hydroxyl groups is 1. The SMILES string of the molecule is Nc1ccnc2c1CN(C1CCC(O)NC1=O)C2=O. The molecule has 2 aliphatic rings. The summed E-state index contributed by atoms with van der Waals surface area (Å²) in [7, 11) is 0. The topological polar surface area (TPSA) is 109 Å². The highest BCUT2D eigenvalue weighted by Crippen LogP contribution is 2.29. The first kappa shape index (κ1) is 11.9. The maximum absolute atomic E-state index is 12.2. The monoisotopic (exact) mass is 262 g/mol. The molecule has 1 saturated heterocycles. The molecule has 2 atom stereocenters. The molecule has 19 heavy (non-hydrogen) atoms. The second kappa shape index (κ2) is 4.20. The Hall–Kier alpha value is -2.15. The van der Waals surface area contributed by atoms with Gasteiger partial charge in [-0.1, -0.05) is 0 Å². The molecule has 7 nitrogen and oxygen atoms in total. The predicted octanol–water partition coefficient (Wildman–Crippen LogP) is -0.783. The normalized spacial score (nSPS) is 26.3. The number of fused-ring (bicyclic) bond motifs is 1. The molecule has 7 heteroatoms. The summed E-state index contributed by atoms with van der Waals surface area (Å²) in [6.45, 7) is 0.294. The first-order valence-electron chi connectivity index (χ1n) is 6.10. The number of pyridine rings is 1. The standard InChI is InChI=1S/C12H14N4O3/c13-7-3-4-14-10-6(7)5-16(12(10)19)8-1-2-9(17)15-11(8)18/h3-4,8-9,17H,1-2,5H2,(H2,13,14)(H,15,18). The molecule has 0 radical (unpaired) electrons. The van der Waals surface area contributed by atoms with Crippen LogP contribution in [0.15, 0.2) is 12.3 Å². The highest BCUT2D eigenvalue weighted by molar-refractivity contribution is 6.00. The van der Waals surface area contributed by atoms with Crippen LogP contribution in [0.1, 0.15) is 28.9 Å². The molecule has 2 aliphatic heterocycles. The van der Waals surface area contributed by atoms with Gasteiger partial charge >= 0.3 is 0 Å². The van der Waals surface area contributed by atoms with Gasteiger partial charge in [0.25, 0.3) is 5.91 Å². The molecule has 3 rings (SSSR count). The van der Waals surface area contributed by atoms with Crippen LogP contribution in [0.25, 0.3) is 0 Å². The molecule has 100 valence electrons. The van der Waals surface area contributed by atoms with Crippen LogP contribution in [-0.2, 0) is 11.3 Å². The summed E-state index contributed by atoms with van der Waals surface area (Å²) in [4.78, 5) is 29.6. The summed E-state index contributed by atoms with van der Waals surface area (Å²) in [5, 5.41) is 11.8. The highest BCUT2D eigenvalue weighted by Gasteiger charge is 2.40. The van der Waals surface area contributed by atoms with Gasteiger partial charge in [-0.05, 0) is 18.9 Å². The minimum absolute atomic E-state index is 0.279. The predicted molar refractivity (Wildman–Crippen MR) is 65.7 cm³/mol. The first-order chi connectivity index (χ1) is 9.08. The van der Waals surface area contributed by atoms with Gasteiger partial charge in [0.15, 0.2) is 0 Å². The van der Waals surface area contributed by atoms with Crippen molar-refractivity contribution in [2.75, 3.05) is 5.73 Å². The highest BCUT2D eigenvalue weighted by atomic mass is 16.3. The molecule has 2 amide bonds. The van der Waals surface area contributed by atoms with Crippen LogP contribution < -0.4 is 11.1 Å². The molecule has 3 heterocycles. The Morgan fingerprint density at radius 3 is 2.89 bits per heavy atom. The maximum atomic E-state index is 12.2. The Bertz CT molecular complexity index is 560. The van der Waals surface area contributed by atoms with Gasteiger partial charge in [0, 0.05) is 17.4 Å². The Kier molecular flexibility index (Phi) is 2.63. The van der Waals surface area contributed by atoms with Gasteiger partial charge in [-0.3, -0.25) is 14.6 Å². The molecule has 2 unspecified atom stereocenters. The Morgan fingerprint density at radius 1 is 1.42 bits per heavy atom. The van der Waals surface area contributed by atoms with Crippen LogP contribution >= 0.6 is 0 Å². The van der Waals surface area contributed by atoms with E-state index in [0.29, 0.717) is 36.3 Å². The van der Waals surface area contributed by atoms with Gasteiger partial charge in [-0.2, -0.15) is 0 Å². The van der Waals surface area contributed by atoms with Crippen molar-refractivity contribution in [3.63, 3.8) is 0 Å². The summed E-state index contributed by atoms with van der Waals surface area (Å²) in [5.41, 5.74) is 7.33. The number of nitrogens with two attached hydrogens (primary N) is 1. The zero-order valence-corrected chi connectivity index (χ0v) is 10.2. The molecule has 0 saturated carbocycles. The minimum Gasteiger partial charge on any atom is -0.398 e. The van der Waals surface area contributed by atoms with E-state index in [-0.39, 0.29) is 11.8 Å². The Labute approximate surface area is 109 Å². The van der Waals surface area contributed by atoms with E-state index in [1.165, 1.54) is 11.1 Å². The number of nitrogens with zero attached hydrogens (tertiary/aromatic N) is 2. The van der Waals surface area contributed by atoms with Crippen molar-refractivity contribution >= 4 is 17.5 Å². The van der Waals surface area contributed by atoms with E-state index in [9.17, 15) is 14.7 Å². The van der Waals surface area contributed by atoms with Crippen LogP contribution in [0.2, 0.25) is 0 Å². The van der Waals surface area contributed by atoms with Crippen molar-refractivity contribution in [2.24, 2.45) is 0 Å². The summed E-state index contributed by atoms with van der Waals surface area (Å²) in [6, 6.07) is 1.07. The van der Waals surface area contributed by atoms with E-state index >= 15 is 0 Å². The number of aromatic nitrogens is 1. The fraction of sp³-hybridized carbons (Fsp3) is 0.417. The number of piperidine rings is 1. The van der Waals surface area contributed by atoms with Crippen molar-refractivity contribution in [1.82, 2.24) is 15.2 Å². The van der Waals surface area contributed by atoms with E-state index in [1.807, 2.05) is 0 Å². The van der Waals surface area contributed by atoms with Crippen LogP contribution in [0.5, 0.6) is 0 Å². The minimum atomic E-state index is -0.827. The summed E-state index contributed by atoms with van der Waals surface area (Å²) in [6.07, 6.45) is 1.53. The van der Waals surface area contributed by atoms with E-state index in [2.05, 4.69) is 10.3 Å². The van der Waals surface area contributed by atoms with Gasteiger partial charge in [-0.15, -0.1) is 0 Å². The number of nitrogen functional groups attached to an aromatic ring is 1. The first-order valence-corrected chi connectivity index (χ1v) is 6.10. The smallest absolute Gasteiger partial charge is 0.273 e. The number of aliphatic hydroxyl groups excluding tert-OH is 1. The van der Waals surface area contributed by atoms with E-state index in [1.54, 1.807) is 6.07 Å². The number of rotatable bonds is 1. The third-order valence-corrected chi connectivity index (χ3v) is 3.59. The lowest BCUT2D eigenvalue weighted by Crippen LogP contribution is -2.54. The van der Waals surface area contributed by atoms with E-state index < -0.39 is 12.3 Å². The van der Waals surface area contributed by atoms with Crippen molar-refractivity contribution in [2.45, 2.75) is 31.7 Å². The maximum Gasteiger partial charge on any atom is 0.273 e. The second-order valence-electron chi connectivity index (χ2n) is 4.78. The molecule has 0 bridgehead atoms. The van der Waals surface area contributed by atoms with Crippen LogP contribution in [0, 0.1) is 0 Å². The summed E-state index contributed by atoms with van der Waals surface area (Å²) >= 11 is 0. The lowest BCUT2D eigenvalue weighted by molar-refractivity contribution is -0.132. The quantitative estimate of drug-likeness (QED) is 0.615. The summed E-state index contributed by atoms with van der Waals surface area (Å²) in [5.74, 6) is -0.614. The number of hydrogen-bond donors (Lipinski definition) is 3. The molecule has 0 aromatic carbocycles. The second-order valence-corrected chi connectivity index (χ2v) is 4.78. The lowest BCUT2D eigenvalue weighted by Gasteiger charge is -2.32. The molecule has 0 spiro atoms. The zero-order valence-electron chi connectivity index (χ0n) is 10.2. The number of hydrogen-bond acceptors (Lipinski definition) is 5. The number of nitrogens with one attached hydrogen (secondary N) is 1. The molecule has 4 N–H and O–H groups in total. The zero-order chi connectivity index (χ0) is 13.6. The third-order valence-electron chi connectivity index (χ3n) is 3.59. The van der Waals surface area contributed by atoms with Gasteiger partial charge < -0.3 is 21.1 Å². The lowest BCUT2D eigenvalue weighted by atomic mass is 10.0. The number of anilines is 1. The van der Waals surface area contributed by atoms with Crippen molar-refractivity contribution in [3.8, 4) is 0 Å². The molecular formula is C12H14N4O3.